The van der Waals surface area contributed by atoms with Gasteiger partial charge >= 0.3 is 0 Å². The second kappa shape index (κ2) is 7.17. The first-order chi connectivity index (χ1) is 8.60. The maximum atomic E-state index is 11.2. The average Bonchev–Trinajstić information content (AvgIpc) is 2.35. The predicted octanol–water partition coefficient (Wildman–Crippen LogP) is 0.457. The van der Waals surface area contributed by atoms with Crippen molar-refractivity contribution >= 4 is 5.97 Å². The van der Waals surface area contributed by atoms with E-state index in [1.807, 2.05) is 7.05 Å². The van der Waals surface area contributed by atoms with Crippen molar-refractivity contribution in [3.63, 3.8) is 0 Å². The van der Waals surface area contributed by atoms with Crippen LogP contribution in [0.3, 0.4) is 0 Å². The molecule has 3 nitrogen and oxygen atoms in total. The highest BCUT2D eigenvalue weighted by Crippen LogP contribution is 2.26. The normalized spacial score (nSPS) is 21.6. The number of carboxylic acids is 1. The van der Waals surface area contributed by atoms with Gasteiger partial charge in [-0.05, 0) is 36.8 Å². The predicted molar refractivity (Wildman–Crippen MR) is 70.8 cm³/mol. The second-order valence-electron chi connectivity index (χ2n) is 4.78. The molecule has 0 bridgehead atoms. The Morgan fingerprint density at radius 1 is 1.50 bits per heavy atom. The van der Waals surface area contributed by atoms with Gasteiger partial charge in [0.05, 0.1) is 18.6 Å². The van der Waals surface area contributed by atoms with Gasteiger partial charge in [0.1, 0.15) is 12.7 Å². The summed E-state index contributed by atoms with van der Waals surface area (Å²) < 4.78 is 0. The van der Waals surface area contributed by atoms with E-state index in [0.717, 1.165) is 36.3 Å². The van der Waals surface area contributed by atoms with Crippen molar-refractivity contribution in [3.05, 3.63) is 35.6 Å². The lowest BCUT2D eigenvalue weighted by atomic mass is 9.86. The fraction of sp³-hybridized carbons (Fsp3) is 0.533. The first-order valence-electron chi connectivity index (χ1n) is 6.71. The minimum Gasteiger partial charge on any atom is -0.545 e. The highest BCUT2D eigenvalue weighted by atomic mass is 16.4. The molecule has 100 valence electrons. The van der Waals surface area contributed by atoms with Crippen molar-refractivity contribution in [2.24, 2.45) is 5.92 Å². The Kier molecular flexibility index (Phi) is 5.86. The average molecular weight is 249 g/mol. The van der Waals surface area contributed by atoms with E-state index < -0.39 is 5.97 Å². The van der Waals surface area contributed by atoms with E-state index >= 15 is 0 Å². The Hall–Kier alpha value is -1.35. The topological polar surface area (TPSA) is 44.6 Å². The van der Waals surface area contributed by atoms with E-state index in [1.54, 1.807) is 6.20 Å². The lowest BCUT2D eigenvalue weighted by Crippen LogP contribution is -3.04. The zero-order valence-electron chi connectivity index (χ0n) is 11.5. The number of allylic oxidation sites excluding steroid dienone is 2. The van der Waals surface area contributed by atoms with Gasteiger partial charge in [-0.25, -0.2) is 0 Å². The molecule has 0 amide bonds. The van der Waals surface area contributed by atoms with Gasteiger partial charge in [0.15, 0.2) is 0 Å². The molecule has 0 radical (unpaired) electrons. The summed E-state index contributed by atoms with van der Waals surface area (Å²) >= 11 is 0. The van der Waals surface area contributed by atoms with Crippen molar-refractivity contribution in [2.75, 3.05) is 13.6 Å². The maximum absolute atomic E-state index is 11.2. The van der Waals surface area contributed by atoms with E-state index in [9.17, 15) is 9.90 Å². The van der Waals surface area contributed by atoms with Crippen molar-refractivity contribution in [2.45, 2.75) is 33.1 Å². The fourth-order valence-corrected chi connectivity index (χ4v) is 2.27. The van der Waals surface area contributed by atoms with Crippen LogP contribution in [0.2, 0.25) is 0 Å². The number of quaternary nitrogens is 1. The van der Waals surface area contributed by atoms with E-state index in [1.165, 1.54) is 0 Å². The minimum absolute atomic E-state index is 0.282. The van der Waals surface area contributed by atoms with E-state index in [-0.39, 0.29) is 5.92 Å². The van der Waals surface area contributed by atoms with E-state index in [4.69, 9.17) is 0 Å². The summed E-state index contributed by atoms with van der Waals surface area (Å²) in [6.45, 7) is 5.05. The summed E-state index contributed by atoms with van der Waals surface area (Å²) in [7, 11) is 1.95. The number of likely N-dealkylation sites (N-methyl/N-ethyl adjacent to an activating group) is 1. The highest BCUT2D eigenvalue weighted by Gasteiger charge is 2.21. The molecule has 2 atom stereocenters. The van der Waals surface area contributed by atoms with Gasteiger partial charge in [-0.1, -0.05) is 26.0 Å². The van der Waals surface area contributed by atoms with Crippen molar-refractivity contribution in [3.8, 4) is 0 Å². The van der Waals surface area contributed by atoms with Crippen molar-refractivity contribution in [1.29, 1.82) is 0 Å². The second-order valence-corrected chi connectivity index (χ2v) is 4.78. The monoisotopic (exact) mass is 249 g/mol. The molecule has 0 saturated heterocycles. The SMILES string of the molecule is CCC=CCC(CC)C1=CC[NH+](C)C=C1C(=O)[O-]. The van der Waals surface area contributed by atoms with Gasteiger partial charge in [0.2, 0.25) is 0 Å². The molecule has 1 rings (SSSR count). The molecule has 0 aromatic heterocycles. The Balaban J connectivity index is 2.87. The van der Waals surface area contributed by atoms with Gasteiger partial charge in [-0.2, -0.15) is 0 Å². The summed E-state index contributed by atoms with van der Waals surface area (Å²) in [4.78, 5) is 12.3. The quantitative estimate of drug-likeness (QED) is 0.695. The molecule has 1 heterocycles. The summed E-state index contributed by atoms with van der Waals surface area (Å²) in [5.41, 5.74) is 1.32. The third-order valence-corrected chi connectivity index (χ3v) is 3.32. The van der Waals surface area contributed by atoms with Crippen LogP contribution in [0.4, 0.5) is 0 Å². The first kappa shape index (κ1) is 14.7. The summed E-state index contributed by atoms with van der Waals surface area (Å²) in [6.07, 6.45) is 11.0. The number of carbonyl (C=O) groups is 1. The molecule has 1 aliphatic heterocycles. The van der Waals surface area contributed by atoms with Crippen LogP contribution in [0, 0.1) is 5.92 Å². The van der Waals surface area contributed by atoms with Crippen LogP contribution in [0.5, 0.6) is 0 Å². The van der Waals surface area contributed by atoms with Crippen molar-refractivity contribution in [1.82, 2.24) is 0 Å². The van der Waals surface area contributed by atoms with Crippen LogP contribution in [0.1, 0.15) is 33.1 Å². The molecular weight excluding hydrogens is 226 g/mol. The maximum Gasteiger partial charge on any atom is 0.104 e. The summed E-state index contributed by atoms with van der Waals surface area (Å²) in [6, 6.07) is 0. The van der Waals surface area contributed by atoms with Crippen LogP contribution in [-0.2, 0) is 4.79 Å². The molecule has 0 fully saturated rings. The Morgan fingerprint density at radius 2 is 2.22 bits per heavy atom. The standard InChI is InChI=1S/C15H23NO2/c1-4-6-7-8-12(5-2)13-9-10-16(3)11-14(13)15(17)18/h6-7,9,11-12H,4-5,8,10H2,1-3H3,(H,17,18). The Morgan fingerprint density at radius 3 is 2.78 bits per heavy atom. The molecule has 0 aromatic rings. The Labute approximate surface area is 109 Å². The zero-order valence-corrected chi connectivity index (χ0v) is 11.5. The molecule has 1 aliphatic rings. The third-order valence-electron chi connectivity index (χ3n) is 3.32. The van der Waals surface area contributed by atoms with Gasteiger partial charge in [-0.3, -0.25) is 0 Å². The lowest BCUT2D eigenvalue weighted by Gasteiger charge is -2.25. The van der Waals surface area contributed by atoms with Crippen molar-refractivity contribution < 1.29 is 14.8 Å². The van der Waals surface area contributed by atoms with Crippen LogP contribution >= 0.6 is 0 Å². The molecule has 1 N–H and O–H groups in total. The molecule has 18 heavy (non-hydrogen) atoms. The fourth-order valence-electron chi connectivity index (χ4n) is 2.27. The molecular formula is C15H23NO2. The highest BCUT2D eigenvalue weighted by molar-refractivity contribution is 5.90. The van der Waals surface area contributed by atoms with Gasteiger partial charge < -0.3 is 14.8 Å². The largest absolute Gasteiger partial charge is 0.545 e. The molecule has 0 aliphatic carbocycles. The molecule has 3 heteroatoms. The van der Waals surface area contributed by atoms with Gasteiger partial charge in [-0.15, -0.1) is 0 Å². The number of aliphatic carboxylic acids is 1. The lowest BCUT2D eigenvalue weighted by molar-refractivity contribution is -0.819. The van der Waals surface area contributed by atoms with Crippen LogP contribution in [-0.4, -0.2) is 19.6 Å². The van der Waals surface area contributed by atoms with Crippen LogP contribution < -0.4 is 10.0 Å². The zero-order chi connectivity index (χ0) is 13.5. The van der Waals surface area contributed by atoms with Crippen LogP contribution in [0.15, 0.2) is 35.6 Å². The van der Waals surface area contributed by atoms with E-state index in [2.05, 4.69) is 32.1 Å². The Bertz CT molecular complexity index is 380. The van der Waals surface area contributed by atoms with Crippen LogP contribution in [0.25, 0.3) is 0 Å². The number of rotatable bonds is 6. The van der Waals surface area contributed by atoms with Gasteiger partial charge in [0.25, 0.3) is 0 Å². The third kappa shape index (κ3) is 3.84. The number of carboxylic acid groups (broad SMARTS) is 1. The number of hydrogen-bond acceptors (Lipinski definition) is 2. The summed E-state index contributed by atoms with van der Waals surface area (Å²) in [5.74, 6) is -0.775. The molecule has 0 saturated carbocycles. The van der Waals surface area contributed by atoms with Gasteiger partial charge in [0, 0.05) is 0 Å². The number of hydrogen-bond donors (Lipinski definition) is 1. The smallest absolute Gasteiger partial charge is 0.104 e. The number of carbonyl (C=O) groups excluding carboxylic acids is 1. The molecule has 0 spiro atoms. The molecule has 0 aromatic carbocycles. The number of nitrogens with one attached hydrogen (secondary N) is 1. The minimum atomic E-state index is -1.06. The van der Waals surface area contributed by atoms with E-state index in [0.29, 0.717) is 5.57 Å². The first-order valence-corrected chi connectivity index (χ1v) is 6.71. The molecule has 2 unspecified atom stereocenters. The summed E-state index contributed by atoms with van der Waals surface area (Å²) in [5, 5.41) is 11.2.